The van der Waals surface area contributed by atoms with E-state index in [9.17, 15) is 9.90 Å². The molecule has 0 spiro atoms. The Balaban J connectivity index is 1.55. The zero-order valence-electron chi connectivity index (χ0n) is 14.1. The summed E-state index contributed by atoms with van der Waals surface area (Å²) < 4.78 is 5.31. The average Bonchev–Trinajstić information content (AvgIpc) is 3.10. The summed E-state index contributed by atoms with van der Waals surface area (Å²) in [5.74, 6) is 0.507. The molecule has 0 aliphatic heterocycles. The van der Waals surface area contributed by atoms with Crippen molar-refractivity contribution in [3.63, 3.8) is 0 Å². The summed E-state index contributed by atoms with van der Waals surface area (Å²) in [6.07, 6.45) is 5.54. The number of nitrogens with zero attached hydrogens (tertiary/aromatic N) is 1. The number of hydrogen-bond donors (Lipinski definition) is 2. The fraction of sp³-hybridized carbons (Fsp3) is 0.474. The van der Waals surface area contributed by atoms with E-state index in [0.29, 0.717) is 23.0 Å². The van der Waals surface area contributed by atoms with Gasteiger partial charge in [-0.2, -0.15) is 0 Å². The van der Waals surface area contributed by atoms with Crippen LogP contribution in [0.4, 0.5) is 0 Å². The molecule has 1 aliphatic carbocycles. The van der Waals surface area contributed by atoms with E-state index in [2.05, 4.69) is 10.5 Å². The van der Waals surface area contributed by atoms with Gasteiger partial charge in [-0.05, 0) is 37.1 Å². The Hall–Kier alpha value is -1.85. The maximum Gasteiger partial charge on any atom is 0.226 e. The topological polar surface area (TPSA) is 75.4 Å². The second kappa shape index (κ2) is 8.02. The van der Waals surface area contributed by atoms with Crippen molar-refractivity contribution in [2.45, 2.75) is 38.5 Å². The number of amides is 1. The highest BCUT2D eigenvalue weighted by molar-refractivity contribution is 6.30. The third kappa shape index (κ3) is 4.61. The molecule has 2 aromatic rings. The van der Waals surface area contributed by atoms with Gasteiger partial charge in [0.05, 0.1) is 18.7 Å². The summed E-state index contributed by atoms with van der Waals surface area (Å²) in [4.78, 5) is 12.2. The Kier molecular flexibility index (Phi) is 5.76. The Labute approximate surface area is 152 Å². The van der Waals surface area contributed by atoms with Gasteiger partial charge in [0, 0.05) is 28.6 Å². The molecule has 0 atom stereocenters. The smallest absolute Gasteiger partial charge is 0.226 e. The fourth-order valence-electron chi connectivity index (χ4n) is 3.35. The Morgan fingerprint density at radius 2 is 1.96 bits per heavy atom. The minimum absolute atomic E-state index is 0.102. The van der Waals surface area contributed by atoms with E-state index in [4.69, 9.17) is 16.1 Å². The van der Waals surface area contributed by atoms with Crippen LogP contribution < -0.4 is 5.32 Å². The number of aliphatic hydroxyl groups is 1. The molecule has 0 radical (unpaired) electrons. The normalized spacial score (nSPS) is 16.6. The summed E-state index contributed by atoms with van der Waals surface area (Å²) in [6.45, 7) is 0.641. The van der Waals surface area contributed by atoms with Crippen molar-refractivity contribution < 1.29 is 14.4 Å². The molecule has 0 bridgehead atoms. The van der Waals surface area contributed by atoms with Crippen LogP contribution in [-0.2, 0) is 11.2 Å². The number of aromatic nitrogens is 1. The van der Waals surface area contributed by atoms with Crippen molar-refractivity contribution >= 4 is 17.5 Å². The highest BCUT2D eigenvalue weighted by atomic mass is 35.5. The lowest BCUT2D eigenvalue weighted by atomic mass is 9.74. The van der Waals surface area contributed by atoms with Gasteiger partial charge in [0.25, 0.3) is 0 Å². The molecule has 1 saturated carbocycles. The first-order valence-electron chi connectivity index (χ1n) is 8.69. The SMILES string of the molecule is O=C(Cc1cc(-c2ccc(Cl)cc2)on1)NCC1(CO)CCCCC1. The van der Waals surface area contributed by atoms with E-state index in [1.165, 1.54) is 6.42 Å². The number of halogens is 1. The second-order valence-electron chi connectivity index (χ2n) is 6.86. The molecule has 1 amide bonds. The van der Waals surface area contributed by atoms with Crippen LogP contribution in [0.25, 0.3) is 11.3 Å². The van der Waals surface area contributed by atoms with Gasteiger partial charge in [0.1, 0.15) is 0 Å². The monoisotopic (exact) mass is 362 g/mol. The van der Waals surface area contributed by atoms with E-state index in [0.717, 1.165) is 31.2 Å². The van der Waals surface area contributed by atoms with Crippen LogP contribution in [0.3, 0.4) is 0 Å². The van der Waals surface area contributed by atoms with E-state index < -0.39 is 0 Å². The van der Waals surface area contributed by atoms with E-state index in [1.54, 1.807) is 18.2 Å². The summed E-state index contributed by atoms with van der Waals surface area (Å²) in [5, 5.41) is 17.3. The van der Waals surface area contributed by atoms with Gasteiger partial charge in [-0.25, -0.2) is 0 Å². The lowest BCUT2D eigenvalue weighted by Gasteiger charge is -2.35. The molecule has 1 aromatic heterocycles. The highest BCUT2D eigenvalue weighted by Gasteiger charge is 2.31. The molecule has 2 N–H and O–H groups in total. The number of aliphatic hydroxyl groups excluding tert-OH is 1. The van der Waals surface area contributed by atoms with E-state index in [-0.39, 0.29) is 24.3 Å². The van der Waals surface area contributed by atoms with Gasteiger partial charge in [-0.15, -0.1) is 0 Å². The van der Waals surface area contributed by atoms with Crippen LogP contribution in [0.5, 0.6) is 0 Å². The summed E-state index contributed by atoms with van der Waals surface area (Å²) in [7, 11) is 0. The van der Waals surface area contributed by atoms with Crippen LogP contribution in [0.1, 0.15) is 37.8 Å². The largest absolute Gasteiger partial charge is 0.396 e. The second-order valence-corrected chi connectivity index (χ2v) is 7.30. The molecule has 1 heterocycles. The molecule has 0 unspecified atom stereocenters. The summed E-state index contributed by atoms with van der Waals surface area (Å²) in [6, 6.07) is 9.03. The van der Waals surface area contributed by atoms with Crippen molar-refractivity contribution in [1.29, 1.82) is 0 Å². The predicted octanol–water partition coefficient (Wildman–Crippen LogP) is 3.60. The third-order valence-electron chi connectivity index (χ3n) is 4.94. The first kappa shape index (κ1) is 18.0. The third-order valence-corrected chi connectivity index (χ3v) is 5.19. The Bertz CT molecular complexity index is 706. The van der Waals surface area contributed by atoms with Crippen molar-refractivity contribution in [3.8, 4) is 11.3 Å². The number of benzene rings is 1. The zero-order chi connectivity index (χ0) is 17.7. The maximum absolute atomic E-state index is 12.2. The number of hydrogen-bond acceptors (Lipinski definition) is 4. The van der Waals surface area contributed by atoms with Gasteiger partial charge in [-0.3, -0.25) is 4.79 Å². The number of nitrogens with one attached hydrogen (secondary N) is 1. The van der Waals surface area contributed by atoms with Crippen molar-refractivity contribution in [2.75, 3.05) is 13.2 Å². The van der Waals surface area contributed by atoms with Gasteiger partial charge < -0.3 is 14.9 Å². The van der Waals surface area contributed by atoms with Crippen LogP contribution in [0.2, 0.25) is 5.02 Å². The molecule has 25 heavy (non-hydrogen) atoms. The molecule has 3 rings (SSSR count). The summed E-state index contributed by atoms with van der Waals surface area (Å²) in [5.41, 5.74) is 1.29. The minimum atomic E-state index is -0.161. The molecule has 1 fully saturated rings. The highest BCUT2D eigenvalue weighted by Crippen LogP contribution is 2.35. The summed E-state index contributed by atoms with van der Waals surface area (Å²) >= 11 is 5.88. The van der Waals surface area contributed by atoms with Crippen LogP contribution in [0.15, 0.2) is 34.9 Å². The Morgan fingerprint density at radius 3 is 2.64 bits per heavy atom. The Morgan fingerprint density at radius 1 is 1.24 bits per heavy atom. The molecule has 5 nitrogen and oxygen atoms in total. The molecular formula is C19H23ClN2O3. The molecule has 134 valence electrons. The first-order valence-corrected chi connectivity index (χ1v) is 9.07. The van der Waals surface area contributed by atoms with Crippen LogP contribution in [-0.4, -0.2) is 29.3 Å². The van der Waals surface area contributed by atoms with Crippen LogP contribution >= 0.6 is 11.6 Å². The molecular weight excluding hydrogens is 340 g/mol. The zero-order valence-corrected chi connectivity index (χ0v) is 14.9. The standard InChI is InChI=1S/C19H23ClN2O3/c20-15-6-4-14(5-7-15)17-10-16(22-25-17)11-18(24)21-12-19(13-23)8-2-1-3-9-19/h4-7,10,23H,1-3,8-9,11-13H2,(H,21,24). The number of carbonyl (C=O) groups is 1. The van der Waals surface area contributed by atoms with Gasteiger partial charge in [0.2, 0.25) is 5.91 Å². The predicted molar refractivity (Wildman–Crippen MR) is 96.3 cm³/mol. The van der Waals surface area contributed by atoms with Crippen molar-refractivity contribution in [1.82, 2.24) is 10.5 Å². The molecule has 1 aromatic carbocycles. The van der Waals surface area contributed by atoms with Crippen molar-refractivity contribution in [3.05, 3.63) is 41.0 Å². The fourth-order valence-corrected chi connectivity index (χ4v) is 3.48. The minimum Gasteiger partial charge on any atom is -0.396 e. The first-order chi connectivity index (χ1) is 12.1. The van der Waals surface area contributed by atoms with E-state index in [1.807, 2.05) is 12.1 Å². The molecule has 1 aliphatic rings. The quantitative estimate of drug-likeness (QED) is 0.823. The molecule has 0 saturated heterocycles. The average molecular weight is 363 g/mol. The lowest BCUT2D eigenvalue weighted by Crippen LogP contribution is -2.41. The van der Waals surface area contributed by atoms with Gasteiger partial charge in [-0.1, -0.05) is 36.0 Å². The number of rotatable bonds is 6. The lowest BCUT2D eigenvalue weighted by molar-refractivity contribution is -0.121. The van der Waals surface area contributed by atoms with Gasteiger partial charge in [0.15, 0.2) is 5.76 Å². The van der Waals surface area contributed by atoms with Gasteiger partial charge >= 0.3 is 0 Å². The van der Waals surface area contributed by atoms with E-state index >= 15 is 0 Å². The van der Waals surface area contributed by atoms with Crippen molar-refractivity contribution in [2.24, 2.45) is 5.41 Å². The molecule has 6 heteroatoms. The maximum atomic E-state index is 12.2. The number of carbonyl (C=O) groups excluding carboxylic acids is 1. The van der Waals surface area contributed by atoms with Crippen LogP contribution in [0, 0.1) is 5.41 Å².